The third kappa shape index (κ3) is 7.13. The van der Waals surface area contributed by atoms with E-state index in [1.54, 1.807) is 6.26 Å². The number of carbonyl (C=O) groups is 1. The van der Waals surface area contributed by atoms with E-state index in [2.05, 4.69) is 5.43 Å². The molecule has 2 aromatic rings. The number of nitrogens with zero attached hydrogens (tertiary/aromatic N) is 2. The first kappa shape index (κ1) is 27.6. The molecule has 0 radical (unpaired) electrons. The summed E-state index contributed by atoms with van der Waals surface area (Å²) in [6.07, 6.45) is 0.126. The maximum atomic E-state index is 14.7. The fraction of sp³-hybridized carbons (Fsp3) is 0.480. The molecule has 1 heterocycles. The molecule has 6 nitrogen and oxygen atoms in total. The summed E-state index contributed by atoms with van der Waals surface area (Å²) < 4.78 is 73.7. The lowest BCUT2D eigenvalue weighted by Gasteiger charge is -2.32. The van der Waals surface area contributed by atoms with Gasteiger partial charge < -0.3 is 4.74 Å². The number of piperidine rings is 1. The third-order valence-corrected chi connectivity index (χ3v) is 7.09. The van der Waals surface area contributed by atoms with E-state index in [0.29, 0.717) is 42.1 Å². The van der Waals surface area contributed by atoms with E-state index in [1.807, 2.05) is 4.90 Å². The van der Waals surface area contributed by atoms with Crippen LogP contribution < -0.4 is 10.2 Å². The molecule has 0 bridgehead atoms. The molecule has 0 spiro atoms. The van der Waals surface area contributed by atoms with Gasteiger partial charge >= 0.3 is 6.18 Å². The van der Waals surface area contributed by atoms with Gasteiger partial charge in [0.15, 0.2) is 0 Å². The quantitative estimate of drug-likeness (QED) is 0.237. The highest BCUT2D eigenvalue weighted by Gasteiger charge is 2.34. The number of benzene rings is 2. The van der Waals surface area contributed by atoms with Crippen LogP contribution in [0.1, 0.15) is 58.6 Å². The SMILES string of the molecule is CSN(O)NC(=O)c1cc(C2CC2)c(OCC2CCN(Cc3ccc(F)c(C(F)(F)F)c3)CC2)cc1F. The molecule has 1 aliphatic heterocycles. The fourth-order valence-electron chi connectivity index (χ4n) is 4.44. The predicted molar refractivity (Wildman–Crippen MR) is 128 cm³/mol. The largest absolute Gasteiger partial charge is 0.493 e. The van der Waals surface area contributed by atoms with Crippen molar-refractivity contribution in [2.75, 3.05) is 26.0 Å². The number of ether oxygens (including phenoxy) is 1. The first-order valence-corrected chi connectivity index (χ1v) is 13.1. The Hall–Kier alpha value is -2.41. The molecule has 37 heavy (non-hydrogen) atoms. The van der Waals surface area contributed by atoms with E-state index < -0.39 is 29.3 Å². The maximum absolute atomic E-state index is 14.7. The third-order valence-electron chi connectivity index (χ3n) is 6.66. The summed E-state index contributed by atoms with van der Waals surface area (Å²) in [7, 11) is 0. The van der Waals surface area contributed by atoms with E-state index in [4.69, 9.17) is 4.74 Å². The molecule has 0 unspecified atom stereocenters. The van der Waals surface area contributed by atoms with Crippen LogP contribution in [0, 0.1) is 17.6 Å². The minimum Gasteiger partial charge on any atom is -0.493 e. The van der Waals surface area contributed by atoms with Crippen molar-refractivity contribution in [3.8, 4) is 5.75 Å². The molecule has 2 N–H and O–H groups in total. The molecule has 2 aromatic carbocycles. The molecule has 1 saturated heterocycles. The number of rotatable bonds is 9. The van der Waals surface area contributed by atoms with Gasteiger partial charge in [-0.15, -0.1) is 0 Å². The van der Waals surface area contributed by atoms with Crippen LogP contribution in [-0.4, -0.2) is 46.5 Å². The first-order valence-electron chi connectivity index (χ1n) is 11.9. The Balaban J connectivity index is 1.33. The summed E-state index contributed by atoms with van der Waals surface area (Å²) in [5.41, 5.74) is 1.89. The number of alkyl halides is 3. The molecule has 4 rings (SSSR count). The zero-order chi connectivity index (χ0) is 26.7. The zero-order valence-corrected chi connectivity index (χ0v) is 21.0. The Morgan fingerprint density at radius 1 is 1.14 bits per heavy atom. The molecular formula is C25H28F5N3O3S. The molecule has 1 amide bonds. The van der Waals surface area contributed by atoms with Crippen molar-refractivity contribution in [1.82, 2.24) is 14.9 Å². The van der Waals surface area contributed by atoms with Crippen molar-refractivity contribution in [2.24, 2.45) is 5.92 Å². The monoisotopic (exact) mass is 545 g/mol. The summed E-state index contributed by atoms with van der Waals surface area (Å²) in [6.45, 7) is 1.93. The summed E-state index contributed by atoms with van der Waals surface area (Å²) in [6, 6.07) is 5.78. The summed E-state index contributed by atoms with van der Waals surface area (Å²) in [5, 5.41) is 9.46. The Morgan fingerprint density at radius 2 is 1.84 bits per heavy atom. The molecule has 12 heteroatoms. The standard InChI is InChI=1S/C25H28F5N3O3S/c1-37-33(35)31-24(34)19-11-18(17-3-4-17)23(12-22(19)27)36-14-15-6-8-32(9-7-15)13-16-2-5-21(26)20(10-16)25(28,29)30/h2,5,10-12,15,17,35H,3-4,6-9,13-14H2,1H3,(H,31,34). The lowest BCUT2D eigenvalue weighted by molar-refractivity contribution is -0.140. The van der Waals surface area contributed by atoms with Crippen LogP contribution in [-0.2, 0) is 12.7 Å². The van der Waals surface area contributed by atoms with Crippen LogP contribution in [0.25, 0.3) is 0 Å². The van der Waals surface area contributed by atoms with Gasteiger partial charge in [0.1, 0.15) is 17.4 Å². The lowest BCUT2D eigenvalue weighted by Crippen LogP contribution is -2.35. The number of nitrogens with one attached hydrogen (secondary N) is 1. The van der Waals surface area contributed by atoms with Crippen LogP contribution >= 0.6 is 11.9 Å². The number of likely N-dealkylation sites (tertiary alicyclic amines) is 1. The van der Waals surface area contributed by atoms with Crippen molar-refractivity contribution in [3.05, 3.63) is 64.2 Å². The molecule has 0 aromatic heterocycles. The van der Waals surface area contributed by atoms with Gasteiger partial charge in [-0.1, -0.05) is 6.07 Å². The highest BCUT2D eigenvalue weighted by Crippen LogP contribution is 2.45. The van der Waals surface area contributed by atoms with Crippen LogP contribution in [0.15, 0.2) is 30.3 Å². The average molecular weight is 546 g/mol. The molecule has 0 atom stereocenters. The number of amides is 1. The van der Waals surface area contributed by atoms with Gasteiger partial charge in [0, 0.05) is 18.9 Å². The number of hydrazine groups is 1. The molecular weight excluding hydrogens is 517 g/mol. The number of carbonyl (C=O) groups excluding carboxylic acids is 1. The topological polar surface area (TPSA) is 65.0 Å². The number of hydrogen-bond donors (Lipinski definition) is 2. The lowest BCUT2D eigenvalue weighted by atomic mass is 9.97. The van der Waals surface area contributed by atoms with Crippen molar-refractivity contribution in [2.45, 2.75) is 44.3 Å². The van der Waals surface area contributed by atoms with Gasteiger partial charge in [-0.05, 0) is 96.5 Å². The Kier molecular flexibility index (Phi) is 8.62. The zero-order valence-electron chi connectivity index (χ0n) is 20.2. The molecule has 1 aliphatic carbocycles. The predicted octanol–water partition coefficient (Wildman–Crippen LogP) is 5.77. The minimum atomic E-state index is -4.74. The van der Waals surface area contributed by atoms with E-state index in [-0.39, 0.29) is 17.4 Å². The Bertz CT molecular complexity index is 1120. The van der Waals surface area contributed by atoms with Crippen molar-refractivity contribution >= 4 is 17.9 Å². The summed E-state index contributed by atoms with van der Waals surface area (Å²) in [4.78, 5) is 14.3. The highest BCUT2D eigenvalue weighted by molar-refractivity contribution is 7.96. The molecule has 1 saturated carbocycles. The average Bonchev–Trinajstić information content (AvgIpc) is 3.69. The van der Waals surface area contributed by atoms with Gasteiger partial charge in [0.25, 0.3) is 5.91 Å². The van der Waals surface area contributed by atoms with Gasteiger partial charge in [-0.2, -0.15) is 13.2 Å². The van der Waals surface area contributed by atoms with Crippen LogP contribution in [0.5, 0.6) is 5.75 Å². The number of hydrogen-bond acceptors (Lipinski definition) is 6. The molecule has 2 aliphatic rings. The first-order chi connectivity index (χ1) is 17.5. The van der Waals surface area contributed by atoms with Gasteiger partial charge in [0.05, 0.1) is 17.7 Å². The van der Waals surface area contributed by atoms with E-state index in [9.17, 15) is 32.0 Å². The van der Waals surface area contributed by atoms with Crippen molar-refractivity contribution in [3.63, 3.8) is 0 Å². The second-order valence-electron chi connectivity index (χ2n) is 9.38. The normalized spacial score (nSPS) is 17.3. The minimum absolute atomic E-state index is 0.176. The van der Waals surface area contributed by atoms with Gasteiger partial charge in [0.2, 0.25) is 0 Å². The van der Waals surface area contributed by atoms with Gasteiger partial charge in [-0.25, -0.2) is 8.78 Å². The maximum Gasteiger partial charge on any atom is 0.419 e. The number of halogens is 5. The smallest absolute Gasteiger partial charge is 0.419 e. The second kappa shape index (κ2) is 11.5. The van der Waals surface area contributed by atoms with Crippen molar-refractivity contribution < 1.29 is 36.7 Å². The van der Waals surface area contributed by atoms with Crippen LogP contribution in [0.2, 0.25) is 0 Å². The van der Waals surface area contributed by atoms with E-state index in [1.165, 1.54) is 18.2 Å². The summed E-state index contributed by atoms with van der Waals surface area (Å²) in [5.74, 6) is -2.03. The van der Waals surface area contributed by atoms with E-state index in [0.717, 1.165) is 55.3 Å². The highest BCUT2D eigenvalue weighted by atomic mass is 32.2. The fourth-order valence-corrected chi connectivity index (χ4v) is 4.62. The van der Waals surface area contributed by atoms with Gasteiger partial charge in [-0.3, -0.25) is 20.3 Å². The second-order valence-corrected chi connectivity index (χ2v) is 10.1. The molecule has 2 fully saturated rings. The summed E-state index contributed by atoms with van der Waals surface area (Å²) >= 11 is 0.852. The Labute approximate surface area is 215 Å². The molecule has 202 valence electrons. The van der Waals surface area contributed by atoms with E-state index >= 15 is 0 Å². The van der Waals surface area contributed by atoms with Crippen LogP contribution in [0.4, 0.5) is 22.0 Å². The van der Waals surface area contributed by atoms with Crippen molar-refractivity contribution in [1.29, 1.82) is 0 Å². The van der Waals surface area contributed by atoms with Crippen LogP contribution in [0.3, 0.4) is 0 Å². The Morgan fingerprint density at radius 3 is 2.46 bits per heavy atom.